The van der Waals surface area contributed by atoms with Gasteiger partial charge >= 0.3 is 0 Å². The van der Waals surface area contributed by atoms with Crippen molar-refractivity contribution >= 4 is 33.6 Å². The topological polar surface area (TPSA) is 46.4 Å². The molecule has 0 amide bonds. The minimum absolute atomic E-state index is 0.0602. The predicted molar refractivity (Wildman–Crippen MR) is 82.9 cm³/mol. The van der Waals surface area contributed by atoms with Gasteiger partial charge in [-0.15, -0.1) is 11.3 Å². The number of rotatable bonds is 3. The van der Waals surface area contributed by atoms with Gasteiger partial charge in [0.25, 0.3) is 5.56 Å². The number of halogens is 1. The van der Waals surface area contributed by atoms with E-state index in [0.29, 0.717) is 17.2 Å². The van der Waals surface area contributed by atoms with Crippen LogP contribution in [0.4, 0.5) is 5.69 Å². The SMILES string of the molecule is Cc1ccc(NCc2cc(=O)n3ccsc3n2)cc1Cl. The van der Waals surface area contributed by atoms with Gasteiger partial charge in [0.15, 0.2) is 4.96 Å². The second-order valence-corrected chi connectivity index (χ2v) is 5.74. The van der Waals surface area contributed by atoms with E-state index in [0.717, 1.165) is 16.3 Å². The second-order valence-electron chi connectivity index (χ2n) is 4.46. The third-order valence-corrected chi connectivity index (χ3v) is 4.17. The summed E-state index contributed by atoms with van der Waals surface area (Å²) in [5.41, 5.74) is 2.60. The van der Waals surface area contributed by atoms with Crippen LogP contribution in [0, 0.1) is 6.92 Å². The molecule has 4 nitrogen and oxygen atoms in total. The molecule has 0 fully saturated rings. The molecule has 0 saturated heterocycles. The molecule has 0 unspecified atom stereocenters. The Bertz CT molecular complexity index is 825. The third kappa shape index (κ3) is 2.55. The van der Waals surface area contributed by atoms with Crippen molar-refractivity contribution in [2.24, 2.45) is 0 Å². The Hall–Kier alpha value is -1.85. The first-order valence-electron chi connectivity index (χ1n) is 6.09. The molecule has 0 radical (unpaired) electrons. The number of thiazole rings is 1. The van der Waals surface area contributed by atoms with Crippen LogP contribution in [0.25, 0.3) is 4.96 Å². The Morgan fingerprint density at radius 3 is 3.05 bits per heavy atom. The molecular weight excluding hydrogens is 294 g/mol. The summed E-state index contributed by atoms with van der Waals surface area (Å²) in [4.78, 5) is 17.0. The van der Waals surface area contributed by atoms with Crippen molar-refractivity contribution in [1.82, 2.24) is 9.38 Å². The fraction of sp³-hybridized carbons (Fsp3) is 0.143. The summed E-state index contributed by atoms with van der Waals surface area (Å²) in [5, 5.41) is 5.79. The zero-order valence-electron chi connectivity index (χ0n) is 10.8. The first-order valence-corrected chi connectivity index (χ1v) is 7.35. The smallest absolute Gasteiger partial charge is 0.258 e. The summed E-state index contributed by atoms with van der Waals surface area (Å²) < 4.78 is 1.54. The highest BCUT2D eigenvalue weighted by atomic mass is 35.5. The Morgan fingerprint density at radius 2 is 2.25 bits per heavy atom. The summed E-state index contributed by atoms with van der Waals surface area (Å²) >= 11 is 7.52. The van der Waals surface area contributed by atoms with Gasteiger partial charge in [0.05, 0.1) is 12.2 Å². The van der Waals surface area contributed by atoms with E-state index in [4.69, 9.17) is 11.6 Å². The number of nitrogens with one attached hydrogen (secondary N) is 1. The van der Waals surface area contributed by atoms with Gasteiger partial charge in [0, 0.05) is 28.4 Å². The summed E-state index contributed by atoms with van der Waals surface area (Å²) in [6, 6.07) is 7.32. The molecule has 1 aromatic carbocycles. The van der Waals surface area contributed by atoms with Crippen molar-refractivity contribution in [3.8, 4) is 0 Å². The molecule has 0 saturated carbocycles. The van der Waals surface area contributed by atoms with Gasteiger partial charge in [-0.05, 0) is 24.6 Å². The van der Waals surface area contributed by atoms with Crippen molar-refractivity contribution in [2.75, 3.05) is 5.32 Å². The lowest BCUT2D eigenvalue weighted by Crippen LogP contribution is -2.14. The van der Waals surface area contributed by atoms with Crippen LogP contribution in [0.1, 0.15) is 11.3 Å². The summed E-state index contributed by atoms with van der Waals surface area (Å²) in [6.07, 6.45) is 1.73. The van der Waals surface area contributed by atoms with E-state index < -0.39 is 0 Å². The molecular formula is C14H12ClN3OS. The Morgan fingerprint density at radius 1 is 1.40 bits per heavy atom. The number of hydrogen-bond acceptors (Lipinski definition) is 4. The fourth-order valence-electron chi connectivity index (χ4n) is 1.87. The van der Waals surface area contributed by atoms with Crippen molar-refractivity contribution in [3.63, 3.8) is 0 Å². The quantitative estimate of drug-likeness (QED) is 0.807. The van der Waals surface area contributed by atoms with Crippen molar-refractivity contribution in [3.05, 3.63) is 62.5 Å². The monoisotopic (exact) mass is 305 g/mol. The molecule has 0 aliphatic rings. The van der Waals surface area contributed by atoms with Crippen molar-refractivity contribution in [1.29, 1.82) is 0 Å². The van der Waals surface area contributed by atoms with Crippen LogP contribution >= 0.6 is 22.9 Å². The minimum Gasteiger partial charge on any atom is -0.379 e. The minimum atomic E-state index is -0.0602. The van der Waals surface area contributed by atoms with Gasteiger partial charge in [0.2, 0.25) is 0 Å². The summed E-state index contributed by atoms with van der Waals surface area (Å²) in [7, 11) is 0. The summed E-state index contributed by atoms with van der Waals surface area (Å²) in [5.74, 6) is 0. The van der Waals surface area contributed by atoms with Crippen LogP contribution < -0.4 is 10.9 Å². The second kappa shape index (κ2) is 5.26. The molecule has 0 spiro atoms. The van der Waals surface area contributed by atoms with Gasteiger partial charge in [-0.1, -0.05) is 17.7 Å². The number of nitrogens with zero attached hydrogens (tertiary/aromatic N) is 2. The Balaban J connectivity index is 1.82. The van der Waals surface area contributed by atoms with Gasteiger partial charge in [-0.2, -0.15) is 0 Å². The average molecular weight is 306 g/mol. The van der Waals surface area contributed by atoms with E-state index in [-0.39, 0.29) is 5.56 Å². The van der Waals surface area contributed by atoms with Crippen molar-refractivity contribution in [2.45, 2.75) is 13.5 Å². The number of anilines is 1. The van der Waals surface area contributed by atoms with Crippen LogP contribution in [0.5, 0.6) is 0 Å². The van der Waals surface area contributed by atoms with Gasteiger partial charge in [0.1, 0.15) is 0 Å². The fourth-order valence-corrected chi connectivity index (χ4v) is 2.79. The summed E-state index contributed by atoms with van der Waals surface area (Å²) in [6.45, 7) is 2.45. The number of aromatic nitrogens is 2. The molecule has 6 heteroatoms. The van der Waals surface area contributed by atoms with Crippen LogP contribution in [0.15, 0.2) is 40.6 Å². The number of aryl methyl sites for hydroxylation is 1. The normalized spacial score (nSPS) is 10.9. The van der Waals surface area contributed by atoms with E-state index in [1.165, 1.54) is 15.7 Å². The van der Waals surface area contributed by atoms with Crippen LogP contribution in [0.2, 0.25) is 5.02 Å². The molecule has 3 rings (SSSR count). The lowest BCUT2D eigenvalue weighted by atomic mass is 10.2. The van der Waals surface area contributed by atoms with E-state index in [9.17, 15) is 4.79 Å². The van der Waals surface area contributed by atoms with Gasteiger partial charge in [-0.25, -0.2) is 4.98 Å². The number of benzene rings is 1. The average Bonchev–Trinajstić information content (AvgIpc) is 2.89. The van der Waals surface area contributed by atoms with E-state index in [1.54, 1.807) is 12.3 Å². The third-order valence-electron chi connectivity index (χ3n) is 3.00. The Labute approximate surface area is 124 Å². The Kier molecular flexibility index (Phi) is 3.46. The predicted octanol–water partition coefficient (Wildman–Crippen LogP) is 3.33. The largest absolute Gasteiger partial charge is 0.379 e. The first-order chi connectivity index (χ1) is 9.63. The molecule has 0 bridgehead atoms. The van der Waals surface area contributed by atoms with Crippen molar-refractivity contribution < 1.29 is 0 Å². The molecule has 3 aromatic rings. The van der Waals surface area contributed by atoms with Gasteiger partial charge in [-0.3, -0.25) is 9.20 Å². The molecule has 0 atom stereocenters. The molecule has 102 valence electrons. The maximum atomic E-state index is 11.9. The van der Waals surface area contributed by atoms with E-state index in [1.807, 2.05) is 30.5 Å². The highest BCUT2D eigenvalue weighted by molar-refractivity contribution is 7.15. The maximum absolute atomic E-state index is 11.9. The maximum Gasteiger partial charge on any atom is 0.258 e. The lowest BCUT2D eigenvalue weighted by Gasteiger charge is -2.07. The zero-order valence-corrected chi connectivity index (χ0v) is 12.3. The van der Waals surface area contributed by atoms with Gasteiger partial charge < -0.3 is 5.32 Å². The van der Waals surface area contributed by atoms with Crippen LogP contribution in [0.3, 0.4) is 0 Å². The van der Waals surface area contributed by atoms with E-state index in [2.05, 4.69) is 10.3 Å². The van der Waals surface area contributed by atoms with Crippen LogP contribution in [-0.4, -0.2) is 9.38 Å². The highest BCUT2D eigenvalue weighted by Crippen LogP contribution is 2.20. The molecule has 2 aromatic heterocycles. The number of fused-ring (bicyclic) bond motifs is 1. The highest BCUT2D eigenvalue weighted by Gasteiger charge is 2.04. The van der Waals surface area contributed by atoms with Crippen LogP contribution in [-0.2, 0) is 6.54 Å². The standard InChI is InChI=1S/C14H12ClN3OS/c1-9-2-3-10(6-12(9)15)16-8-11-7-13(19)18-4-5-20-14(18)17-11/h2-7,16H,8H2,1H3. The molecule has 0 aliphatic carbocycles. The first kappa shape index (κ1) is 13.1. The zero-order chi connectivity index (χ0) is 14.1. The molecule has 1 N–H and O–H groups in total. The molecule has 0 aliphatic heterocycles. The lowest BCUT2D eigenvalue weighted by molar-refractivity contribution is 0.990. The number of hydrogen-bond donors (Lipinski definition) is 1. The van der Waals surface area contributed by atoms with E-state index >= 15 is 0 Å². The molecule has 2 heterocycles. The molecule has 20 heavy (non-hydrogen) atoms.